The maximum atomic E-state index is 12.2. The maximum absolute atomic E-state index is 12.2. The predicted molar refractivity (Wildman–Crippen MR) is 74.5 cm³/mol. The third-order valence-electron chi connectivity index (χ3n) is 3.00. The van der Waals surface area contributed by atoms with Crippen LogP contribution in [0.25, 0.3) is 22.2 Å². The molecule has 2 aromatic heterocycles. The highest BCUT2D eigenvalue weighted by molar-refractivity contribution is 6.31. The summed E-state index contributed by atoms with van der Waals surface area (Å²) in [6.45, 7) is 1.89. The number of hydrogen-bond donors (Lipinski definition) is 0. The second kappa shape index (κ2) is 4.28. The van der Waals surface area contributed by atoms with E-state index in [0.29, 0.717) is 39.3 Å². The second-order valence-electron chi connectivity index (χ2n) is 4.28. The van der Waals surface area contributed by atoms with Gasteiger partial charge in [0.05, 0.1) is 11.0 Å². The van der Waals surface area contributed by atoms with Gasteiger partial charge in [-0.15, -0.1) is 0 Å². The molecule has 0 spiro atoms. The molecule has 0 atom stereocenters. The van der Waals surface area contributed by atoms with Gasteiger partial charge in [-0.1, -0.05) is 18.5 Å². The van der Waals surface area contributed by atoms with E-state index in [1.54, 1.807) is 29.9 Å². The molecule has 0 aliphatic rings. The van der Waals surface area contributed by atoms with Crippen molar-refractivity contribution in [1.29, 1.82) is 0 Å². The first-order valence-corrected chi connectivity index (χ1v) is 6.31. The minimum Gasteiger partial charge on any atom is -0.285 e. The van der Waals surface area contributed by atoms with Crippen molar-refractivity contribution >= 4 is 33.8 Å². The normalized spacial score (nSPS) is 11.3. The maximum Gasteiger partial charge on any atom is 0.231 e. The molecule has 0 radical (unpaired) electrons. The zero-order valence-electron chi connectivity index (χ0n) is 10.5. The third-order valence-corrected chi connectivity index (χ3v) is 3.23. The first-order valence-electron chi connectivity index (χ1n) is 5.93. The SMILES string of the molecule is CCc1nn(C)c2nc3ccc(Cl)cc3nc2c1=O. The summed E-state index contributed by atoms with van der Waals surface area (Å²) in [5, 5.41) is 4.79. The summed E-state index contributed by atoms with van der Waals surface area (Å²) in [6.07, 6.45) is 0.567. The Kier molecular flexibility index (Phi) is 2.71. The molecule has 6 heteroatoms. The van der Waals surface area contributed by atoms with Crippen LogP contribution in [0.3, 0.4) is 0 Å². The Labute approximate surface area is 113 Å². The fraction of sp³-hybridized carbons (Fsp3) is 0.231. The Hall–Kier alpha value is -2.01. The molecule has 5 nitrogen and oxygen atoms in total. The molecular formula is C13H11ClN4O. The first-order chi connectivity index (χ1) is 9.10. The van der Waals surface area contributed by atoms with Gasteiger partial charge in [0, 0.05) is 12.1 Å². The minimum absolute atomic E-state index is 0.162. The van der Waals surface area contributed by atoms with Crippen LogP contribution in [0, 0.1) is 0 Å². The highest BCUT2D eigenvalue weighted by Gasteiger charge is 2.12. The smallest absolute Gasteiger partial charge is 0.231 e. The van der Waals surface area contributed by atoms with Crippen LogP contribution in [0.1, 0.15) is 12.6 Å². The molecule has 0 aliphatic carbocycles. The van der Waals surface area contributed by atoms with Gasteiger partial charge < -0.3 is 0 Å². The van der Waals surface area contributed by atoms with Crippen LogP contribution in [0.15, 0.2) is 23.0 Å². The highest BCUT2D eigenvalue weighted by atomic mass is 35.5. The predicted octanol–water partition coefficient (Wildman–Crippen LogP) is 2.09. The quantitative estimate of drug-likeness (QED) is 0.638. The van der Waals surface area contributed by atoms with Gasteiger partial charge in [0.15, 0.2) is 11.2 Å². The summed E-state index contributed by atoms with van der Waals surface area (Å²) in [5.41, 5.74) is 2.46. The van der Waals surface area contributed by atoms with Crippen molar-refractivity contribution in [2.24, 2.45) is 7.05 Å². The number of hydrogen-bond acceptors (Lipinski definition) is 4. The van der Waals surface area contributed by atoms with Gasteiger partial charge in [-0.25, -0.2) is 14.6 Å². The van der Waals surface area contributed by atoms with Crippen molar-refractivity contribution in [3.05, 3.63) is 39.1 Å². The lowest BCUT2D eigenvalue weighted by molar-refractivity contribution is 0.727. The largest absolute Gasteiger partial charge is 0.285 e. The van der Waals surface area contributed by atoms with E-state index in [1.807, 2.05) is 6.92 Å². The summed E-state index contributed by atoms with van der Waals surface area (Å²) in [5.74, 6) is 0. The molecule has 0 fully saturated rings. The van der Waals surface area contributed by atoms with E-state index < -0.39 is 0 Å². The van der Waals surface area contributed by atoms with Crippen molar-refractivity contribution in [2.75, 3.05) is 0 Å². The lowest BCUT2D eigenvalue weighted by Crippen LogP contribution is -2.19. The van der Waals surface area contributed by atoms with Gasteiger partial charge in [0.1, 0.15) is 5.69 Å². The molecule has 0 saturated heterocycles. The lowest BCUT2D eigenvalue weighted by Gasteiger charge is -2.06. The van der Waals surface area contributed by atoms with Crippen molar-refractivity contribution in [3.63, 3.8) is 0 Å². The average Bonchev–Trinajstić information content (AvgIpc) is 2.41. The van der Waals surface area contributed by atoms with E-state index in [0.717, 1.165) is 0 Å². The second-order valence-corrected chi connectivity index (χ2v) is 4.72. The third kappa shape index (κ3) is 1.86. The summed E-state index contributed by atoms with van der Waals surface area (Å²) in [4.78, 5) is 21.1. The van der Waals surface area contributed by atoms with Gasteiger partial charge in [0.25, 0.3) is 0 Å². The van der Waals surface area contributed by atoms with E-state index in [1.165, 1.54) is 0 Å². The zero-order chi connectivity index (χ0) is 13.6. The van der Waals surface area contributed by atoms with Gasteiger partial charge in [-0.05, 0) is 24.6 Å². The molecule has 1 aromatic carbocycles. The van der Waals surface area contributed by atoms with E-state index in [4.69, 9.17) is 11.6 Å². The number of nitrogens with zero attached hydrogens (tertiary/aromatic N) is 4. The zero-order valence-corrected chi connectivity index (χ0v) is 11.3. The highest BCUT2D eigenvalue weighted by Crippen LogP contribution is 2.18. The number of benzene rings is 1. The first kappa shape index (κ1) is 12.0. The Morgan fingerprint density at radius 1 is 1.26 bits per heavy atom. The van der Waals surface area contributed by atoms with Crippen LogP contribution < -0.4 is 5.43 Å². The van der Waals surface area contributed by atoms with Crippen LogP contribution in [0.2, 0.25) is 5.02 Å². The molecule has 0 bridgehead atoms. The topological polar surface area (TPSA) is 60.7 Å². The molecule has 0 saturated carbocycles. The Morgan fingerprint density at radius 2 is 2.05 bits per heavy atom. The Bertz CT molecular complexity index is 856. The van der Waals surface area contributed by atoms with Crippen LogP contribution in [0.5, 0.6) is 0 Å². The average molecular weight is 275 g/mol. The van der Waals surface area contributed by atoms with Crippen LogP contribution in [-0.2, 0) is 13.5 Å². The summed E-state index contributed by atoms with van der Waals surface area (Å²) >= 11 is 5.94. The Balaban J connectivity index is 2.51. The summed E-state index contributed by atoms with van der Waals surface area (Å²) in [7, 11) is 1.76. The number of aryl methyl sites for hydroxylation is 2. The van der Waals surface area contributed by atoms with Crippen LogP contribution >= 0.6 is 11.6 Å². The number of fused-ring (bicyclic) bond motifs is 2. The fourth-order valence-corrected chi connectivity index (χ4v) is 2.20. The van der Waals surface area contributed by atoms with Gasteiger partial charge in [0.2, 0.25) is 5.43 Å². The van der Waals surface area contributed by atoms with Crippen molar-refractivity contribution < 1.29 is 0 Å². The molecule has 0 aliphatic heterocycles. The number of aromatic nitrogens is 4. The standard InChI is InChI=1S/C13H11ClN4O/c1-3-8-12(19)11-13(18(2)17-8)16-9-5-4-7(14)6-10(9)15-11/h4-6H,3H2,1-2H3. The van der Waals surface area contributed by atoms with Crippen molar-refractivity contribution in [3.8, 4) is 0 Å². The molecule has 0 unspecified atom stereocenters. The molecule has 0 N–H and O–H groups in total. The van der Waals surface area contributed by atoms with E-state index in [9.17, 15) is 4.79 Å². The molecule has 19 heavy (non-hydrogen) atoms. The molecule has 3 rings (SSSR count). The van der Waals surface area contributed by atoms with Crippen molar-refractivity contribution in [2.45, 2.75) is 13.3 Å². The lowest BCUT2D eigenvalue weighted by atomic mass is 10.2. The molecule has 3 aromatic rings. The van der Waals surface area contributed by atoms with Gasteiger partial charge in [-0.2, -0.15) is 5.10 Å². The van der Waals surface area contributed by atoms with Gasteiger partial charge >= 0.3 is 0 Å². The summed E-state index contributed by atoms with van der Waals surface area (Å²) < 4.78 is 1.59. The van der Waals surface area contributed by atoms with E-state index in [2.05, 4.69) is 15.1 Å². The molecule has 96 valence electrons. The molecule has 0 amide bonds. The monoisotopic (exact) mass is 274 g/mol. The fourth-order valence-electron chi connectivity index (χ4n) is 2.04. The number of rotatable bonds is 1. The van der Waals surface area contributed by atoms with Crippen LogP contribution in [0.4, 0.5) is 0 Å². The van der Waals surface area contributed by atoms with E-state index in [-0.39, 0.29) is 5.43 Å². The van der Waals surface area contributed by atoms with E-state index >= 15 is 0 Å². The minimum atomic E-state index is -0.162. The molecule has 2 heterocycles. The number of halogens is 1. The van der Waals surface area contributed by atoms with Gasteiger partial charge in [-0.3, -0.25) is 4.79 Å². The van der Waals surface area contributed by atoms with Crippen LogP contribution in [-0.4, -0.2) is 19.7 Å². The summed E-state index contributed by atoms with van der Waals surface area (Å²) in [6, 6.07) is 5.23. The Morgan fingerprint density at radius 3 is 2.79 bits per heavy atom. The molecular weight excluding hydrogens is 264 g/mol. The van der Waals surface area contributed by atoms with Crippen molar-refractivity contribution in [1.82, 2.24) is 19.7 Å².